The van der Waals surface area contributed by atoms with Crippen molar-refractivity contribution < 1.29 is 0 Å². The first-order chi connectivity index (χ1) is 12.6. The number of nitrogens with zero attached hydrogens (tertiary/aromatic N) is 5. The average Bonchev–Trinajstić information content (AvgIpc) is 3.05. The van der Waals surface area contributed by atoms with Crippen molar-refractivity contribution in [1.29, 1.82) is 0 Å². The van der Waals surface area contributed by atoms with Crippen LogP contribution in [0.3, 0.4) is 0 Å². The van der Waals surface area contributed by atoms with Crippen molar-refractivity contribution in [3.63, 3.8) is 0 Å². The van der Waals surface area contributed by atoms with Crippen molar-refractivity contribution in [2.24, 2.45) is 5.73 Å². The first-order valence-corrected chi connectivity index (χ1v) is 10.5. The minimum Gasteiger partial charge on any atom is -0.355 e. The second-order valence-corrected chi connectivity index (χ2v) is 7.47. The summed E-state index contributed by atoms with van der Waals surface area (Å²) in [6.07, 6.45) is 11.6. The van der Waals surface area contributed by atoms with E-state index >= 15 is 0 Å². The lowest BCUT2D eigenvalue weighted by atomic mass is 10.1. The summed E-state index contributed by atoms with van der Waals surface area (Å²) < 4.78 is 1.91. The van der Waals surface area contributed by atoms with E-state index in [4.69, 9.17) is 22.3 Å². The lowest BCUT2D eigenvalue weighted by Gasteiger charge is -2.31. The molecule has 138 valence electrons. The van der Waals surface area contributed by atoms with E-state index in [1.54, 1.807) is 24.2 Å². The molecule has 0 amide bonds. The van der Waals surface area contributed by atoms with Gasteiger partial charge in [-0.25, -0.2) is 15.0 Å². The van der Waals surface area contributed by atoms with Crippen LogP contribution in [-0.2, 0) is 0 Å². The van der Waals surface area contributed by atoms with Crippen LogP contribution in [0.4, 0.5) is 5.82 Å². The molecule has 3 aromatic rings. The van der Waals surface area contributed by atoms with Gasteiger partial charge in [0.05, 0.1) is 11.2 Å². The lowest BCUT2D eigenvalue weighted by Crippen LogP contribution is -2.43. The molecule has 1 unspecified atom stereocenters. The van der Waals surface area contributed by atoms with Gasteiger partial charge in [0.1, 0.15) is 17.2 Å². The van der Waals surface area contributed by atoms with Crippen LogP contribution in [-0.4, -0.2) is 51.0 Å². The van der Waals surface area contributed by atoms with Crippen molar-refractivity contribution in [3.05, 3.63) is 41.8 Å². The molecule has 6 nitrogen and oxygen atoms in total. The number of rotatable bonds is 2. The molecule has 0 spiro atoms. The van der Waals surface area contributed by atoms with Gasteiger partial charge >= 0.3 is 0 Å². The molecule has 2 N–H and O–H groups in total. The Morgan fingerprint density at radius 2 is 2.04 bits per heavy atom. The smallest absolute Gasteiger partial charge is 0.180 e. The van der Waals surface area contributed by atoms with Crippen molar-refractivity contribution in [3.8, 4) is 11.5 Å². The number of nitrogens with two attached hydrogens (primary N) is 1. The Morgan fingerprint density at radius 3 is 2.81 bits per heavy atom. The third kappa shape index (κ3) is 4.28. The van der Waals surface area contributed by atoms with Gasteiger partial charge in [0, 0.05) is 31.5 Å². The summed E-state index contributed by atoms with van der Waals surface area (Å²) in [6.45, 7) is 1.80. The Bertz CT molecular complexity index is 868. The van der Waals surface area contributed by atoms with Crippen molar-refractivity contribution in [1.82, 2.24) is 19.4 Å². The monoisotopic (exact) mass is 390 g/mol. The number of pyridine rings is 1. The number of fused-ring (bicyclic) bond motifs is 1. The average molecular weight is 391 g/mol. The fourth-order valence-electron chi connectivity index (χ4n) is 2.99. The van der Waals surface area contributed by atoms with Crippen molar-refractivity contribution >= 4 is 34.8 Å². The molecular weight excluding hydrogens is 368 g/mol. The predicted octanol–water partition coefficient (Wildman–Crippen LogP) is 3.35. The minimum atomic E-state index is 0.205. The summed E-state index contributed by atoms with van der Waals surface area (Å²) in [5, 5.41) is 0.648. The fraction of sp³-hybridized carbons (Fsp3) is 0.389. The molecule has 4 rings (SSSR count). The van der Waals surface area contributed by atoms with Gasteiger partial charge in [-0.1, -0.05) is 11.6 Å². The summed E-state index contributed by atoms with van der Waals surface area (Å²) in [7, 11) is 0. The van der Waals surface area contributed by atoms with E-state index in [0.29, 0.717) is 10.8 Å². The summed E-state index contributed by atoms with van der Waals surface area (Å²) in [5.41, 5.74) is 7.71. The normalized spacial score (nSPS) is 17.1. The molecule has 1 fully saturated rings. The third-order valence-electron chi connectivity index (χ3n) is 4.12. The van der Waals surface area contributed by atoms with E-state index in [1.807, 2.05) is 41.3 Å². The van der Waals surface area contributed by atoms with Gasteiger partial charge in [0.2, 0.25) is 0 Å². The maximum atomic E-state index is 6.09. The van der Waals surface area contributed by atoms with Crippen LogP contribution in [0.15, 0.2) is 36.8 Å². The van der Waals surface area contributed by atoms with Crippen molar-refractivity contribution in [2.75, 3.05) is 30.5 Å². The minimum absolute atomic E-state index is 0.205. The standard InChI is InChI=1S/C16H17ClN6.C2H6S/c17-11-3-4-14-20-8-13(23(14)9-11)16-19-6-5-15(21-16)22-7-1-2-12(18)10-22;1-3-2/h3-6,8-9,12H,1-2,7,10,18H2;1-2H3. The van der Waals surface area contributed by atoms with E-state index in [-0.39, 0.29) is 6.04 Å². The first-order valence-electron chi connectivity index (χ1n) is 8.49. The molecule has 1 aliphatic rings. The molecule has 0 aromatic carbocycles. The highest BCUT2D eigenvalue weighted by molar-refractivity contribution is 7.97. The molecule has 0 saturated carbocycles. The molecule has 0 radical (unpaired) electrons. The quantitative estimate of drug-likeness (QED) is 0.723. The van der Waals surface area contributed by atoms with Crippen LogP contribution >= 0.6 is 23.4 Å². The zero-order valence-electron chi connectivity index (χ0n) is 15.0. The second kappa shape index (κ2) is 8.70. The Hall–Kier alpha value is -1.83. The van der Waals surface area contributed by atoms with E-state index in [2.05, 4.69) is 14.9 Å². The first kappa shape index (κ1) is 18.9. The largest absolute Gasteiger partial charge is 0.355 e. The van der Waals surface area contributed by atoms with Gasteiger partial charge in [-0.3, -0.25) is 4.40 Å². The fourth-order valence-corrected chi connectivity index (χ4v) is 3.15. The molecule has 8 heteroatoms. The number of aromatic nitrogens is 4. The maximum absolute atomic E-state index is 6.09. The Kier molecular flexibility index (Phi) is 6.34. The highest BCUT2D eigenvalue weighted by atomic mass is 35.5. The number of imidazole rings is 1. The number of anilines is 1. The molecule has 1 atom stereocenters. The second-order valence-electron chi connectivity index (χ2n) is 6.21. The predicted molar refractivity (Wildman–Crippen MR) is 110 cm³/mol. The molecule has 26 heavy (non-hydrogen) atoms. The summed E-state index contributed by atoms with van der Waals surface area (Å²) in [4.78, 5) is 15.7. The van der Waals surface area contributed by atoms with E-state index in [0.717, 1.165) is 43.1 Å². The third-order valence-corrected chi connectivity index (χ3v) is 4.34. The molecule has 0 bridgehead atoms. The van der Waals surface area contributed by atoms with Gasteiger partial charge in [-0.15, -0.1) is 0 Å². The van der Waals surface area contributed by atoms with Gasteiger partial charge in [-0.2, -0.15) is 11.8 Å². The van der Waals surface area contributed by atoms with Gasteiger partial charge in [0.25, 0.3) is 0 Å². The molecular formula is C18H23ClN6S. The molecule has 1 aliphatic heterocycles. The van der Waals surface area contributed by atoms with E-state index in [1.165, 1.54) is 0 Å². The maximum Gasteiger partial charge on any atom is 0.180 e. The number of thioether (sulfide) groups is 1. The van der Waals surface area contributed by atoms with Crippen LogP contribution < -0.4 is 10.6 Å². The van der Waals surface area contributed by atoms with Crippen molar-refractivity contribution in [2.45, 2.75) is 18.9 Å². The van der Waals surface area contributed by atoms with Crippen LogP contribution in [0.5, 0.6) is 0 Å². The van der Waals surface area contributed by atoms with Crippen LogP contribution in [0.2, 0.25) is 5.02 Å². The summed E-state index contributed by atoms with van der Waals surface area (Å²) >= 11 is 7.84. The molecule has 0 aliphatic carbocycles. The highest BCUT2D eigenvalue weighted by Crippen LogP contribution is 2.23. The molecule has 3 aromatic heterocycles. The Balaban J connectivity index is 0.000000613. The molecule has 1 saturated heterocycles. The van der Waals surface area contributed by atoms with Gasteiger partial charge in [-0.05, 0) is 43.6 Å². The topological polar surface area (TPSA) is 72.3 Å². The van der Waals surface area contributed by atoms with Crippen LogP contribution in [0.1, 0.15) is 12.8 Å². The van der Waals surface area contributed by atoms with Crippen LogP contribution in [0.25, 0.3) is 17.2 Å². The van der Waals surface area contributed by atoms with Crippen LogP contribution in [0, 0.1) is 0 Å². The zero-order chi connectivity index (χ0) is 18.5. The SMILES string of the molecule is CSC.NC1CCCN(c2ccnc(-c3cnc4ccc(Cl)cn34)n2)C1. The number of halogens is 1. The van der Waals surface area contributed by atoms with E-state index in [9.17, 15) is 0 Å². The van der Waals surface area contributed by atoms with Gasteiger partial charge in [0.15, 0.2) is 5.82 Å². The van der Waals surface area contributed by atoms with Gasteiger partial charge < -0.3 is 10.6 Å². The zero-order valence-corrected chi connectivity index (χ0v) is 16.5. The Morgan fingerprint density at radius 1 is 1.23 bits per heavy atom. The summed E-state index contributed by atoms with van der Waals surface area (Å²) in [5.74, 6) is 1.54. The number of hydrogen-bond acceptors (Lipinski definition) is 6. The number of piperidine rings is 1. The lowest BCUT2D eigenvalue weighted by molar-refractivity contribution is 0.503. The van der Waals surface area contributed by atoms with E-state index < -0.39 is 0 Å². The molecule has 4 heterocycles. The summed E-state index contributed by atoms with van der Waals surface area (Å²) in [6, 6.07) is 5.83. The highest BCUT2D eigenvalue weighted by Gasteiger charge is 2.19. The number of hydrogen-bond donors (Lipinski definition) is 1. The Labute approximate surface area is 162 Å².